The lowest BCUT2D eigenvalue weighted by Crippen LogP contribution is -2.20. The summed E-state index contributed by atoms with van der Waals surface area (Å²) in [6.07, 6.45) is 1.73. The fourth-order valence-electron chi connectivity index (χ4n) is 2.10. The van der Waals surface area contributed by atoms with E-state index in [2.05, 4.69) is 24.8 Å². The monoisotopic (exact) mass is 300 g/mol. The maximum atomic E-state index is 9.33. The summed E-state index contributed by atoms with van der Waals surface area (Å²) in [4.78, 5) is 2.11. The minimum atomic E-state index is 0.526. The molecule has 2 aromatic rings. The number of halogens is 1. The fraction of sp³-hybridized carbons (Fsp3) is 0.235. The molecular formula is C17H17ClN2O. The van der Waals surface area contributed by atoms with Crippen molar-refractivity contribution in [2.24, 2.45) is 0 Å². The van der Waals surface area contributed by atoms with E-state index in [9.17, 15) is 5.26 Å². The number of hydrogen-bond acceptors (Lipinski definition) is 3. The Balaban J connectivity index is 2.31. The molecule has 0 amide bonds. The molecule has 108 valence electrons. The highest BCUT2D eigenvalue weighted by Gasteiger charge is 2.08. The molecule has 2 rings (SSSR count). The molecule has 0 radical (unpaired) electrons. The number of hydrogen-bond donors (Lipinski definition) is 0. The van der Waals surface area contributed by atoms with Crippen LogP contribution in [0.1, 0.15) is 25.2 Å². The molecule has 21 heavy (non-hydrogen) atoms. The molecule has 0 aliphatic carbocycles. The van der Waals surface area contributed by atoms with Crippen molar-refractivity contribution in [3.8, 4) is 6.07 Å². The lowest BCUT2D eigenvalue weighted by atomic mass is 10.1. The largest absolute Gasteiger partial charge is 0.441 e. The number of nitrogens with zero attached hydrogens (tertiary/aromatic N) is 2. The molecule has 0 fully saturated rings. The van der Waals surface area contributed by atoms with Crippen molar-refractivity contribution < 1.29 is 4.42 Å². The van der Waals surface area contributed by atoms with Crippen LogP contribution in [0.4, 0.5) is 5.88 Å². The van der Waals surface area contributed by atoms with Gasteiger partial charge in [0.05, 0.1) is 11.6 Å². The van der Waals surface area contributed by atoms with Crippen LogP contribution in [0.2, 0.25) is 5.02 Å². The predicted molar refractivity (Wildman–Crippen MR) is 87.2 cm³/mol. The Morgan fingerprint density at radius 2 is 2.05 bits per heavy atom. The van der Waals surface area contributed by atoms with Gasteiger partial charge < -0.3 is 9.32 Å². The zero-order valence-electron chi connectivity index (χ0n) is 12.1. The van der Waals surface area contributed by atoms with Crippen molar-refractivity contribution in [1.29, 1.82) is 5.26 Å². The standard InChI is InChI=1S/C17H17ClN2O/c1-3-20(4-2)17-9-8-16(21-17)11-14(12-19)13-6-5-7-15(18)10-13/h5-11H,3-4H2,1-2H3/b14-11+. The first-order chi connectivity index (χ1) is 10.2. The van der Waals surface area contributed by atoms with Crippen LogP contribution < -0.4 is 4.90 Å². The van der Waals surface area contributed by atoms with Crippen molar-refractivity contribution >= 4 is 29.1 Å². The maximum Gasteiger partial charge on any atom is 0.196 e. The molecular weight excluding hydrogens is 284 g/mol. The second-order valence-corrected chi connectivity index (χ2v) is 4.96. The second-order valence-electron chi connectivity index (χ2n) is 4.53. The molecule has 0 saturated heterocycles. The van der Waals surface area contributed by atoms with E-state index in [0.29, 0.717) is 16.4 Å². The third-order valence-corrected chi connectivity index (χ3v) is 3.47. The number of benzene rings is 1. The quantitative estimate of drug-likeness (QED) is 0.742. The van der Waals surface area contributed by atoms with Gasteiger partial charge in [0.15, 0.2) is 5.88 Å². The van der Waals surface area contributed by atoms with E-state index in [0.717, 1.165) is 24.5 Å². The van der Waals surface area contributed by atoms with E-state index in [1.807, 2.05) is 24.3 Å². The molecule has 0 bridgehead atoms. The molecule has 0 saturated carbocycles. The molecule has 4 heteroatoms. The molecule has 0 spiro atoms. The highest BCUT2D eigenvalue weighted by atomic mass is 35.5. The van der Waals surface area contributed by atoms with Gasteiger partial charge in [0.2, 0.25) is 0 Å². The van der Waals surface area contributed by atoms with Crippen molar-refractivity contribution in [2.45, 2.75) is 13.8 Å². The molecule has 0 aliphatic heterocycles. The molecule has 0 N–H and O–H groups in total. The average molecular weight is 301 g/mol. The SMILES string of the molecule is CCN(CC)c1ccc(/C=C(\C#N)c2cccc(Cl)c2)o1. The van der Waals surface area contributed by atoms with Gasteiger partial charge in [-0.25, -0.2) is 0 Å². The summed E-state index contributed by atoms with van der Waals surface area (Å²) in [6, 6.07) is 13.2. The Hall–Kier alpha value is -2.18. The summed E-state index contributed by atoms with van der Waals surface area (Å²) in [5.41, 5.74) is 1.31. The summed E-state index contributed by atoms with van der Waals surface area (Å²) in [5.74, 6) is 1.48. The minimum Gasteiger partial charge on any atom is -0.441 e. The van der Waals surface area contributed by atoms with Gasteiger partial charge in [-0.2, -0.15) is 5.26 Å². The normalized spacial score (nSPS) is 11.2. The van der Waals surface area contributed by atoms with E-state index in [1.54, 1.807) is 18.2 Å². The van der Waals surface area contributed by atoms with Gasteiger partial charge in [0, 0.05) is 24.2 Å². The summed E-state index contributed by atoms with van der Waals surface area (Å²) in [5, 5.41) is 9.93. The van der Waals surface area contributed by atoms with Crippen molar-refractivity contribution in [3.63, 3.8) is 0 Å². The van der Waals surface area contributed by atoms with Gasteiger partial charge in [-0.15, -0.1) is 0 Å². The summed E-state index contributed by atoms with van der Waals surface area (Å²) < 4.78 is 5.78. The summed E-state index contributed by atoms with van der Waals surface area (Å²) >= 11 is 5.97. The Morgan fingerprint density at radius 3 is 2.67 bits per heavy atom. The Kier molecular flexibility index (Phi) is 5.08. The van der Waals surface area contributed by atoms with Crippen LogP contribution in [0.25, 0.3) is 11.6 Å². The van der Waals surface area contributed by atoms with Crippen LogP contribution in [0.5, 0.6) is 0 Å². The number of rotatable bonds is 5. The van der Waals surface area contributed by atoms with Crippen LogP contribution in [0.15, 0.2) is 40.8 Å². The Labute approximate surface area is 130 Å². The molecule has 1 aromatic heterocycles. The molecule has 1 heterocycles. The molecule has 3 nitrogen and oxygen atoms in total. The highest BCUT2D eigenvalue weighted by molar-refractivity contribution is 6.30. The number of anilines is 1. The van der Waals surface area contributed by atoms with Crippen LogP contribution >= 0.6 is 11.6 Å². The van der Waals surface area contributed by atoms with Gasteiger partial charge in [-0.1, -0.05) is 23.7 Å². The average Bonchev–Trinajstić information content (AvgIpc) is 2.94. The van der Waals surface area contributed by atoms with Gasteiger partial charge in [-0.05, 0) is 43.7 Å². The van der Waals surface area contributed by atoms with Gasteiger partial charge in [0.1, 0.15) is 5.76 Å². The molecule has 0 aliphatic rings. The minimum absolute atomic E-state index is 0.526. The first-order valence-electron chi connectivity index (χ1n) is 6.90. The Bertz CT molecular complexity index is 678. The van der Waals surface area contributed by atoms with Crippen LogP contribution in [-0.2, 0) is 0 Å². The summed E-state index contributed by atoms with van der Waals surface area (Å²) in [6.45, 7) is 5.92. The number of allylic oxidation sites excluding steroid dienone is 1. The first-order valence-corrected chi connectivity index (χ1v) is 7.28. The maximum absolute atomic E-state index is 9.33. The van der Waals surface area contributed by atoms with Crippen LogP contribution in [0.3, 0.4) is 0 Å². The van der Waals surface area contributed by atoms with Crippen molar-refractivity contribution in [2.75, 3.05) is 18.0 Å². The van der Waals surface area contributed by atoms with E-state index in [-0.39, 0.29) is 0 Å². The fourth-order valence-corrected chi connectivity index (χ4v) is 2.29. The summed E-state index contributed by atoms with van der Waals surface area (Å²) in [7, 11) is 0. The smallest absolute Gasteiger partial charge is 0.196 e. The zero-order valence-corrected chi connectivity index (χ0v) is 12.9. The topological polar surface area (TPSA) is 40.2 Å². The van der Waals surface area contributed by atoms with Gasteiger partial charge >= 0.3 is 0 Å². The molecule has 1 aromatic carbocycles. The van der Waals surface area contributed by atoms with Crippen molar-refractivity contribution in [3.05, 3.63) is 52.7 Å². The predicted octanol–water partition coefficient (Wildman–Crippen LogP) is 4.84. The Morgan fingerprint density at radius 1 is 1.29 bits per heavy atom. The van der Waals surface area contributed by atoms with Crippen LogP contribution in [0, 0.1) is 11.3 Å². The first kappa shape index (κ1) is 15.2. The third kappa shape index (κ3) is 3.68. The number of nitriles is 1. The second kappa shape index (κ2) is 7.01. The lowest BCUT2D eigenvalue weighted by Gasteiger charge is -2.16. The van der Waals surface area contributed by atoms with Crippen molar-refractivity contribution in [1.82, 2.24) is 0 Å². The molecule has 0 atom stereocenters. The van der Waals surface area contributed by atoms with E-state index >= 15 is 0 Å². The van der Waals surface area contributed by atoms with E-state index < -0.39 is 0 Å². The third-order valence-electron chi connectivity index (χ3n) is 3.23. The van der Waals surface area contributed by atoms with Gasteiger partial charge in [-0.3, -0.25) is 0 Å². The lowest BCUT2D eigenvalue weighted by molar-refractivity contribution is 0.541. The zero-order chi connectivity index (χ0) is 15.2. The molecule has 0 unspecified atom stereocenters. The van der Waals surface area contributed by atoms with Gasteiger partial charge in [0.25, 0.3) is 0 Å². The number of furan rings is 1. The highest BCUT2D eigenvalue weighted by Crippen LogP contribution is 2.24. The van der Waals surface area contributed by atoms with Crippen LogP contribution in [-0.4, -0.2) is 13.1 Å². The van der Waals surface area contributed by atoms with E-state index in [4.69, 9.17) is 16.0 Å². The van der Waals surface area contributed by atoms with E-state index in [1.165, 1.54) is 0 Å².